The Hall–Kier alpha value is -2.08. The van der Waals surface area contributed by atoms with Gasteiger partial charge in [-0.15, -0.1) is 0 Å². The zero-order chi connectivity index (χ0) is 10.7. The molecule has 0 aliphatic carbocycles. The number of carbonyl (C=O) groups is 1. The molecule has 0 spiro atoms. The van der Waals surface area contributed by atoms with Crippen LogP contribution >= 0.6 is 0 Å². The van der Waals surface area contributed by atoms with Crippen molar-refractivity contribution in [3.8, 4) is 6.07 Å². The minimum Gasteiger partial charge on any atom is -0.361 e. The predicted octanol–water partition coefficient (Wildman–Crippen LogP) is 2.17. The van der Waals surface area contributed by atoms with Gasteiger partial charge in [0.15, 0.2) is 0 Å². The summed E-state index contributed by atoms with van der Waals surface area (Å²) in [5, 5.41) is 9.92. The van der Waals surface area contributed by atoms with Crippen molar-refractivity contribution in [2.24, 2.45) is 0 Å². The number of nitrogens with zero attached hydrogens (tertiary/aromatic N) is 1. The summed E-state index contributed by atoms with van der Waals surface area (Å²) in [5.74, 6) is 0. The van der Waals surface area contributed by atoms with Crippen LogP contribution in [-0.4, -0.2) is 11.3 Å². The van der Waals surface area contributed by atoms with Crippen molar-refractivity contribution in [3.05, 3.63) is 35.5 Å². The average Bonchev–Trinajstić information content (AvgIpc) is 2.69. The normalized spacial score (nSPS) is 10.1. The van der Waals surface area contributed by atoms with Crippen LogP contribution in [0.15, 0.2) is 24.4 Å². The van der Waals surface area contributed by atoms with Crippen LogP contribution in [0, 0.1) is 11.3 Å². The van der Waals surface area contributed by atoms with Crippen molar-refractivity contribution in [1.29, 1.82) is 5.26 Å². The molecular formula is C12H10N2O. The van der Waals surface area contributed by atoms with Gasteiger partial charge in [-0.25, -0.2) is 0 Å². The summed E-state index contributed by atoms with van der Waals surface area (Å²) < 4.78 is 0. The van der Waals surface area contributed by atoms with Crippen molar-refractivity contribution >= 4 is 17.2 Å². The molecule has 1 aromatic heterocycles. The van der Waals surface area contributed by atoms with Crippen LogP contribution < -0.4 is 0 Å². The van der Waals surface area contributed by atoms with E-state index in [0.717, 1.165) is 22.8 Å². The Balaban J connectivity index is 2.56. The fourth-order valence-electron chi connectivity index (χ4n) is 1.76. The van der Waals surface area contributed by atoms with E-state index >= 15 is 0 Å². The molecule has 0 saturated carbocycles. The first-order valence-electron chi connectivity index (χ1n) is 4.79. The molecule has 74 valence electrons. The van der Waals surface area contributed by atoms with Gasteiger partial charge in [0.25, 0.3) is 0 Å². The average molecular weight is 198 g/mol. The largest absolute Gasteiger partial charge is 0.361 e. The van der Waals surface area contributed by atoms with E-state index < -0.39 is 0 Å². The maximum Gasteiger partial charge on any atom is 0.120 e. The second kappa shape index (κ2) is 3.97. The summed E-state index contributed by atoms with van der Waals surface area (Å²) in [7, 11) is 0. The Bertz CT molecular complexity index is 534. The highest BCUT2D eigenvalue weighted by Crippen LogP contribution is 2.22. The lowest BCUT2D eigenvalue weighted by Crippen LogP contribution is -1.86. The second-order valence-electron chi connectivity index (χ2n) is 3.36. The van der Waals surface area contributed by atoms with Crippen LogP contribution in [0.4, 0.5) is 0 Å². The molecule has 2 aromatic rings. The van der Waals surface area contributed by atoms with E-state index in [4.69, 9.17) is 5.26 Å². The quantitative estimate of drug-likeness (QED) is 0.768. The lowest BCUT2D eigenvalue weighted by atomic mass is 10.0. The first-order chi connectivity index (χ1) is 7.36. The van der Waals surface area contributed by atoms with Crippen LogP contribution in [0.1, 0.15) is 17.5 Å². The zero-order valence-corrected chi connectivity index (χ0v) is 8.16. The molecule has 0 fully saturated rings. The van der Waals surface area contributed by atoms with Gasteiger partial charge in [0.05, 0.1) is 11.6 Å². The molecule has 1 heterocycles. The Labute approximate surface area is 87.3 Å². The maximum absolute atomic E-state index is 10.3. The van der Waals surface area contributed by atoms with Gasteiger partial charge in [-0.05, 0) is 24.1 Å². The van der Waals surface area contributed by atoms with Crippen LogP contribution in [0.25, 0.3) is 10.9 Å². The lowest BCUT2D eigenvalue weighted by molar-refractivity contribution is -0.107. The monoisotopic (exact) mass is 198 g/mol. The molecular weight excluding hydrogens is 188 g/mol. The Morgan fingerprint density at radius 2 is 2.33 bits per heavy atom. The molecule has 3 heteroatoms. The molecule has 0 atom stereocenters. The zero-order valence-electron chi connectivity index (χ0n) is 8.16. The Morgan fingerprint density at radius 3 is 3.07 bits per heavy atom. The summed E-state index contributed by atoms with van der Waals surface area (Å²) in [5.41, 5.74) is 2.65. The standard InChI is InChI=1S/C12H10N2O/c13-7-9-3-1-5-11-12(9)10(8-14-11)4-2-6-15/h1,3,5-6,8,14H,2,4H2. The molecule has 2 rings (SSSR count). The van der Waals surface area contributed by atoms with Crippen molar-refractivity contribution < 1.29 is 4.79 Å². The topological polar surface area (TPSA) is 56.6 Å². The summed E-state index contributed by atoms with van der Waals surface area (Å²) in [6.07, 6.45) is 3.94. The van der Waals surface area contributed by atoms with Crippen LogP contribution in [0.5, 0.6) is 0 Å². The van der Waals surface area contributed by atoms with Crippen molar-refractivity contribution in [2.75, 3.05) is 0 Å². The van der Waals surface area contributed by atoms with Crippen LogP contribution in [-0.2, 0) is 11.2 Å². The maximum atomic E-state index is 10.3. The number of carbonyl (C=O) groups excluding carboxylic acids is 1. The lowest BCUT2D eigenvalue weighted by Gasteiger charge is -1.97. The molecule has 0 saturated heterocycles. The van der Waals surface area contributed by atoms with Gasteiger partial charge in [-0.2, -0.15) is 5.26 Å². The van der Waals surface area contributed by atoms with Gasteiger partial charge < -0.3 is 9.78 Å². The SMILES string of the molecule is N#Cc1cccc2[nH]cc(CCC=O)c12. The smallest absolute Gasteiger partial charge is 0.120 e. The first-order valence-corrected chi connectivity index (χ1v) is 4.79. The number of benzene rings is 1. The predicted molar refractivity (Wildman–Crippen MR) is 57.4 cm³/mol. The minimum atomic E-state index is 0.493. The third-order valence-electron chi connectivity index (χ3n) is 2.44. The van der Waals surface area contributed by atoms with Gasteiger partial charge in [-0.3, -0.25) is 0 Å². The molecule has 0 unspecified atom stereocenters. The number of hydrogen-bond donors (Lipinski definition) is 1. The van der Waals surface area contributed by atoms with E-state index in [1.165, 1.54) is 0 Å². The fourth-order valence-corrected chi connectivity index (χ4v) is 1.76. The third kappa shape index (κ3) is 1.62. The van der Waals surface area contributed by atoms with Crippen LogP contribution in [0.2, 0.25) is 0 Å². The number of aryl methyl sites for hydroxylation is 1. The Kier molecular flexibility index (Phi) is 2.51. The van der Waals surface area contributed by atoms with Crippen LogP contribution in [0.3, 0.4) is 0 Å². The highest BCUT2D eigenvalue weighted by Gasteiger charge is 2.07. The number of nitrogens with one attached hydrogen (secondary N) is 1. The number of H-pyrrole nitrogens is 1. The third-order valence-corrected chi connectivity index (χ3v) is 2.44. The summed E-state index contributed by atoms with van der Waals surface area (Å²) >= 11 is 0. The number of aromatic amines is 1. The number of nitriles is 1. The molecule has 0 amide bonds. The van der Waals surface area contributed by atoms with E-state index in [0.29, 0.717) is 18.4 Å². The summed E-state index contributed by atoms with van der Waals surface area (Å²) in [4.78, 5) is 13.4. The highest BCUT2D eigenvalue weighted by atomic mass is 16.1. The molecule has 1 aromatic carbocycles. The highest BCUT2D eigenvalue weighted by molar-refractivity contribution is 5.88. The van der Waals surface area contributed by atoms with Gasteiger partial charge >= 0.3 is 0 Å². The van der Waals surface area contributed by atoms with E-state index in [1.54, 1.807) is 6.07 Å². The second-order valence-corrected chi connectivity index (χ2v) is 3.36. The first kappa shape index (κ1) is 9.47. The van der Waals surface area contributed by atoms with Gasteiger partial charge in [0, 0.05) is 23.5 Å². The molecule has 15 heavy (non-hydrogen) atoms. The number of hydrogen-bond acceptors (Lipinski definition) is 2. The van der Waals surface area contributed by atoms with Gasteiger partial charge in [-0.1, -0.05) is 6.07 Å². The van der Waals surface area contributed by atoms with Gasteiger partial charge in [0.1, 0.15) is 6.29 Å². The van der Waals surface area contributed by atoms with E-state index in [1.807, 2.05) is 18.3 Å². The Morgan fingerprint density at radius 1 is 1.47 bits per heavy atom. The number of aromatic nitrogens is 1. The van der Waals surface area contributed by atoms with E-state index in [9.17, 15) is 4.79 Å². The number of aldehydes is 1. The number of fused-ring (bicyclic) bond motifs is 1. The van der Waals surface area contributed by atoms with Crippen molar-refractivity contribution in [2.45, 2.75) is 12.8 Å². The molecule has 0 aliphatic rings. The van der Waals surface area contributed by atoms with E-state index in [2.05, 4.69) is 11.1 Å². The molecule has 3 nitrogen and oxygen atoms in total. The van der Waals surface area contributed by atoms with Crippen molar-refractivity contribution in [1.82, 2.24) is 4.98 Å². The molecule has 1 N–H and O–H groups in total. The molecule has 0 radical (unpaired) electrons. The minimum absolute atomic E-state index is 0.493. The number of rotatable bonds is 3. The fraction of sp³-hybridized carbons (Fsp3) is 0.167. The van der Waals surface area contributed by atoms with Gasteiger partial charge in [0.2, 0.25) is 0 Å². The summed E-state index contributed by atoms with van der Waals surface area (Å²) in [6, 6.07) is 7.74. The molecule has 0 bridgehead atoms. The molecule has 0 aliphatic heterocycles. The van der Waals surface area contributed by atoms with Crippen molar-refractivity contribution in [3.63, 3.8) is 0 Å². The van der Waals surface area contributed by atoms with E-state index in [-0.39, 0.29) is 0 Å². The summed E-state index contributed by atoms with van der Waals surface area (Å²) in [6.45, 7) is 0.